The van der Waals surface area contributed by atoms with Crippen molar-refractivity contribution in [1.29, 1.82) is 0 Å². The average Bonchev–Trinajstić information content (AvgIpc) is 2.81. The number of rotatable bonds is 6. The van der Waals surface area contributed by atoms with Gasteiger partial charge in [0.2, 0.25) is 15.9 Å². The highest BCUT2D eigenvalue weighted by Gasteiger charge is 2.47. The maximum Gasteiger partial charge on any atom is 0.247 e. The van der Waals surface area contributed by atoms with Crippen molar-refractivity contribution in [3.05, 3.63) is 18.2 Å². The molecule has 10 heteroatoms. The molecule has 1 atom stereocenters. The molecule has 0 saturated carbocycles. The van der Waals surface area contributed by atoms with Gasteiger partial charge in [-0.05, 0) is 31.5 Å². The van der Waals surface area contributed by atoms with Gasteiger partial charge in [0.1, 0.15) is 10.6 Å². The first kappa shape index (κ1) is 20.7. The van der Waals surface area contributed by atoms with Gasteiger partial charge in [-0.1, -0.05) is 6.92 Å². The zero-order valence-electron chi connectivity index (χ0n) is 15.3. The summed E-state index contributed by atoms with van der Waals surface area (Å²) in [6.07, 6.45) is 0.232. The minimum absolute atomic E-state index is 0.0431. The lowest BCUT2D eigenvalue weighted by Crippen LogP contribution is -2.50. The number of hydrogen-bond acceptors (Lipinski definition) is 6. The van der Waals surface area contributed by atoms with Crippen LogP contribution in [0.2, 0.25) is 0 Å². The van der Waals surface area contributed by atoms with Crippen LogP contribution in [0.5, 0.6) is 5.75 Å². The summed E-state index contributed by atoms with van der Waals surface area (Å²) in [6.45, 7) is 4.74. The molecule has 0 unspecified atom stereocenters. The molecular weight excluding hydrogens is 380 g/mol. The van der Waals surface area contributed by atoms with Gasteiger partial charge in [-0.3, -0.25) is 4.79 Å². The van der Waals surface area contributed by atoms with E-state index in [1.165, 1.54) is 36.5 Å². The number of sulfonamides is 1. The molecule has 1 N–H and O–H groups in total. The van der Waals surface area contributed by atoms with E-state index >= 15 is 0 Å². The lowest BCUT2D eigenvalue weighted by atomic mass is 10.0. The van der Waals surface area contributed by atoms with Gasteiger partial charge in [-0.15, -0.1) is 0 Å². The Morgan fingerprint density at radius 3 is 2.50 bits per heavy atom. The molecule has 1 aliphatic rings. The predicted octanol–water partition coefficient (Wildman–Crippen LogP) is 1.24. The average molecular weight is 405 g/mol. The lowest BCUT2D eigenvalue weighted by molar-refractivity contribution is -0.114. The second-order valence-corrected chi connectivity index (χ2v) is 10.6. The van der Waals surface area contributed by atoms with Gasteiger partial charge in [-0.2, -0.15) is 4.31 Å². The van der Waals surface area contributed by atoms with Crippen LogP contribution in [-0.4, -0.2) is 57.7 Å². The summed E-state index contributed by atoms with van der Waals surface area (Å²) in [5.41, 5.74) is -0.710. The van der Waals surface area contributed by atoms with Crippen LogP contribution in [0.25, 0.3) is 0 Å². The fourth-order valence-corrected chi connectivity index (χ4v) is 7.53. The Bertz CT molecular complexity index is 911. The fraction of sp³-hybridized carbons (Fsp3) is 0.562. The maximum absolute atomic E-state index is 13.3. The molecule has 0 aliphatic carbocycles. The number of nitrogens with zero attached hydrogens (tertiary/aromatic N) is 1. The quantitative estimate of drug-likeness (QED) is 0.764. The third-order valence-corrected chi connectivity index (χ3v) is 8.47. The van der Waals surface area contributed by atoms with Crippen molar-refractivity contribution in [2.75, 3.05) is 30.5 Å². The summed E-state index contributed by atoms with van der Waals surface area (Å²) in [6, 6.07) is 4.32. The molecular formula is C16H24N2O6S2. The van der Waals surface area contributed by atoms with Crippen molar-refractivity contribution in [3.63, 3.8) is 0 Å². The largest absolute Gasteiger partial charge is 0.495 e. The second kappa shape index (κ2) is 7.16. The molecule has 1 saturated heterocycles. The number of nitrogens with one attached hydrogen (secondary N) is 1. The molecule has 0 bridgehead atoms. The molecule has 1 aliphatic heterocycles. The Labute approximate surface area is 154 Å². The number of hydrogen-bond donors (Lipinski definition) is 1. The van der Waals surface area contributed by atoms with Crippen LogP contribution >= 0.6 is 0 Å². The molecule has 8 nitrogen and oxygen atoms in total. The van der Waals surface area contributed by atoms with Crippen LogP contribution in [0.3, 0.4) is 0 Å². The van der Waals surface area contributed by atoms with Crippen molar-refractivity contribution < 1.29 is 26.4 Å². The van der Waals surface area contributed by atoms with Crippen molar-refractivity contribution >= 4 is 31.5 Å². The van der Waals surface area contributed by atoms with Crippen LogP contribution in [0.4, 0.5) is 5.69 Å². The minimum atomic E-state index is -4.05. The maximum atomic E-state index is 13.3. The van der Waals surface area contributed by atoms with Crippen molar-refractivity contribution in [2.24, 2.45) is 0 Å². The van der Waals surface area contributed by atoms with Crippen LogP contribution in [0, 0.1) is 0 Å². The molecule has 1 heterocycles. The molecule has 1 aromatic rings. The van der Waals surface area contributed by atoms with Gasteiger partial charge in [0.25, 0.3) is 0 Å². The van der Waals surface area contributed by atoms with E-state index in [0.717, 1.165) is 0 Å². The van der Waals surface area contributed by atoms with E-state index in [1.807, 2.05) is 0 Å². The minimum Gasteiger partial charge on any atom is -0.495 e. The Morgan fingerprint density at radius 1 is 1.38 bits per heavy atom. The second-order valence-electron chi connectivity index (χ2n) is 6.56. The smallest absolute Gasteiger partial charge is 0.247 e. The summed E-state index contributed by atoms with van der Waals surface area (Å²) >= 11 is 0. The third kappa shape index (κ3) is 4.02. The number of methoxy groups -OCH3 is 1. The molecule has 0 radical (unpaired) electrons. The Balaban J connectivity index is 2.55. The third-order valence-electron chi connectivity index (χ3n) is 4.42. The first-order valence-corrected chi connectivity index (χ1v) is 11.4. The molecule has 146 valence electrons. The number of carbonyl (C=O) groups is 1. The monoisotopic (exact) mass is 404 g/mol. The van der Waals surface area contributed by atoms with Crippen LogP contribution in [0.15, 0.2) is 23.1 Å². The lowest BCUT2D eigenvalue weighted by Gasteiger charge is -2.36. The van der Waals surface area contributed by atoms with E-state index in [0.29, 0.717) is 5.69 Å². The van der Waals surface area contributed by atoms with E-state index in [1.54, 1.807) is 13.8 Å². The summed E-state index contributed by atoms with van der Waals surface area (Å²) in [7, 11) is -5.99. The number of benzene rings is 1. The molecule has 2 rings (SSSR count). The molecule has 0 aromatic heterocycles. The number of anilines is 1. The van der Waals surface area contributed by atoms with Gasteiger partial charge in [0.15, 0.2) is 9.84 Å². The molecule has 1 fully saturated rings. The van der Waals surface area contributed by atoms with Gasteiger partial charge >= 0.3 is 0 Å². The van der Waals surface area contributed by atoms with Crippen molar-refractivity contribution in [3.8, 4) is 5.75 Å². The number of ether oxygens (including phenoxy) is 1. The first-order valence-electron chi connectivity index (χ1n) is 8.14. The van der Waals surface area contributed by atoms with Gasteiger partial charge in [-0.25, -0.2) is 16.8 Å². The van der Waals surface area contributed by atoms with Gasteiger partial charge in [0.05, 0.1) is 18.6 Å². The summed E-state index contributed by atoms with van der Waals surface area (Å²) in [4.78, 5) is 11.2. The number of carbonyl (C=O) groups excluding carboxylic acids is 1. The van der Waals surface area contributed by atoms with E-state index in [2.05, 4.69) is 5.32 Å². The highest BCUT2D eigenvalue weighted by atomic mass is 32.2. The van der Waals surface area contributed by atoms with Crippen LogP contribution in [-0.2, 0) is 24.7 Å². The number of sulfone groups is 1. The first-order chi connectivity index (χ1) is 11.9. The number of amides is 1. The predicted molar refractivity (Wildman–Crippen MR) is 98.5 cm³/mol. The van der Waals surface area contributed by atoms with E-state index in [9.17, 15) is 21.6 Å². The Morgan fingerprint density at radius 2 is 2.04 bits per heavy atom. The summed E-state index contributed by atoms with van der Waals surface area (Å²) in [5.74, 6) is -0.471. The zero-order chi connectivity index (χ0) is 19.8. The fourth-order valence-electron chi connectivity index (χ4n) is 3.31. The van der Waals surface area contributed by atoms with Crippen molar-refractivity contribution in [2.45, 2.75) is 37.6 Å². The summed E-state index contributed by atoms with van der Waals surface area (Å²) in [5, 5.41) is 2.54. The molecule has 1 amide bonds. The van der Waals surface area contributed by atoms with E-state index in [-0.39, 0.29) is 41.0 Å². The van der Waals surface area contributed by atoms with Crippen LogP contribution in [0.1, 0.15) is 27.2 Å². The topological polar surface area (TPSA) is 110 Å². The summed E-state index contributed by atoms with van der Waals surface area (Å²) < 4.78 is 56.9. The van der Waals surface area contributed by atoms with Crippen LogP contribution < -0.4 is 10.1 Å². The SMILES string of the molecule is CCN([C@]1(C)CCS(=O)(=O)C1)S(=O)(=O)c1cc(NC(C)=O)ccc1OC. The van der Waals surface area contributed by atoms with Gasteiger partial charge < -0.3 is 10.1 Å². The standard InChI is InChI=1S/C16H24N2O6S2/c1-5-18(16(3)8-9-25(20,21)11-16)26(22,23)15-10-13(17-12(2)19)6-7-14(15)24-4/h6-7,10H,5,8-9,11H2,1-4H3,(H,17,19)/t16-/m1/s1. The van der Waals surface area contributed by atoms with E-state index in [4.69, 9.17) is 4.74 Å². The molecule has 0 spiro atoms. The molecule has 1 aromatic carbocycles. The molecule has 26 heavy (non-hydrogen) atoms. The highest BCUT2D eigenvalue weighted by molar-refractivity contribution is 7.92. The highest BCUT2D eigenvalue weighted by Crippen LogP contribution is 2.37. The van der Waals surface area contributed by atoms with Crippen molar-refractivity contribution in [1.82, 2.24) is 4.31 Å². The zero-order valence-corrected chi connectivity index (χ0v) is 16.9. The Hall–Kier alpha value is -1.65. The normalized spacial score (nSPS) is 22.3. The van der Waals surface area contributed by atoms with E-state index < -0.39 is 25.4 Å². The van der Waals surface area contributed by atoms with Gasteiger partial charge in [0, 0.05) is 24.7 Å². The Kier molecular flexibility index (Phi) is 5.69.